The predicted molar refractivity (Wildman–Crippen MR) is 94.0 cm³/mol. The second kappa shape index (κ2) is 7.45. The van der Waals surface area contributed by atoms with Gasteiger partial charge in [0.15, 0.2) is 5.13 Å². The number of nitrogens with one attached hydrogen (secondary N) is 1. The van der Waals surface area contributed by atoms with Gasteiger partial charge in [0.1, 0.15) is 16.6 Å². The summed E-state index contributed by atoms with van der Waals surface area (Å²) in [4.78, 5) is 28.4. The molecule has 0 radical (unpaired) electrons. The van der Waals surface area contributed by atoms with Crippen LogP contribution in [-0.2, 0) is 9.59 Å². The fourth-order valence-corrected chi connectivity index (χ4v) is 3.89. The predicted octanol–water partition coefficient (Wildman–Crippen LogP) is 3.51. The normalized spacial score (nSPS) is 19.8. The number of aliphatic carboxylic acids is 1. The number of carbonyl (C=O) groups is 2. The summed E-state index contributed by atoms with van der Waals surface area (Å²) in [7, 11) is 0. The van der Waals surface area contributed by atoms with Gasteiger partial charge in [0.2, 0.25) is 5.91 Å². The van der Waals surface area contributed by atoms with Gasteiger partial charge >= 0.3 is 5.97 Å². The molecular formula is C18H17N3O3S. The highest BCUT2D eigenvalue weighted by atomic mass is 32.1. The summed E-state index contributed by atoms with van der Waals surface area (Å²) in [6.45, 7) is 0. The van der Waals surface area contributed by atoms with E-state index in [1.54, 1.807) is 0 Å². The summed E-state index contributed by atoms with van der Waals surface area (Å²) in [6, 6.07) is 11.4. The summed E-state index contributed by atoms with van der Waals surface area (Å²) in [5.41, 5.74) is 1.37. The number of thiazole rings is 1. The Morgan fingerprint density at radius 2 is 1.96 bits per heavy atom. The summed E-state index contributed by atoms with van der Waals surface area (Å²) in [5, 5.41) is 21.6. The lowest BCUT2D eigenvalue weighted by molar-refractivity contribution is -0.143. The molecule has 1 saturated carbocycles. The third-order valence-electron chi connectivity index (χ3n) is 4.40. The van der Waals surface area contributed by atoms with Crippen LogP contribution in [0.15, 0.2) is 30.3 Å². The van der Waals surface area contributed by atoms with E-state index in [1.165, 1.54) is 0 Å². The number of carboxylic acid groups (broad SMARTS) is 1. The standard InChI is InChI=1S/C18H17N3O3S/c19-10-14-15(11-5-2-1-3-6-11)20-18(25-14)21-16(22)12-7-4-8-13(9-12)17(23)24/h1-3,5-6,12-13H,4,7-9H2,(H,23,24)(H,20,21,22)/t12-,13-/m0/s1. The van der Waals surface area contributed by atoms with Crippen molar-refractivity contribution in [2.45, 2.75) is 25.7 Å². The number of rotatable bonds is 4. The molecule has 1 fully saturated rings. The monoisotopic (exact) mass is 355 g/mol. The van der Waals surface area contributed by atoms with Gasteiger partial charge in [-0.3, -0.25) is 9.59 Å². The highest BCUT2D eigenvalue weighted by Crippen LogP contribution is 2.33. The lowest BCUT2D eigenvalue weighted by atomic mass is 9.81. The maximum absolute atomic E-state index is 12.5. The van der Waals surface area contributed by atoms with Gasteiger partial charge in [-0.25, -0.2) is 4.98 Å². The van der Waals surface area contributed by atoms with E-state index in [4.69, 9.17) is 5.11 Å². The molecule has 128 valence electrons. The third-order valence-corrected chi connectivity index (χ3v) is 5.28. The minimum Gasteiger partial charge on any atom is -0.481 e. The average Bonchev–Trinajstić information content (AvgIpc) is 3.05. The first-order valence-corrected chi connectivity index (χ1v) is 8.90. The van der Waals surface area contributed by atoms with Crippen LogP contribution in [0, 0.1) is 23.2 Å². The molecule has 1 aliphatic rings. The number of nitriles is 1. The van der Waals surface area contributed by atoms with E-state index in [1.807, 2.05) is 30.3 Å². The van der Waals surface area contributed by atoms with Crippen molar-refractivity contribution in [3.8, 4) is 17.3 Å². The second-order valence-corrected chi connectivity index (χ2v) is 7.06. The quantitative estimate of drug-likeness (QED) is 0.873. The van der Waals surface area contributed by atoms with Crippen molar-refractivity contribution in [2.24, 2.45) is 11.8 Å². The Kier molecular flexibility index (Phi) is 5.10. The molecule has 1 aliphatic carbocycles. The van der Waals surface area contributed by atoms with Gasteiger partial charge in [-0.2, -0.15) is 5.26 Å². The minimum absolute atomic E-state index is 0.219. The van der Waals surface area contributed by atoms with Crippen LogP contribution in [0.1, 0.15) is 30.6 Å². The van der Waals surface area contributed by atoms with Crippen LogP contribution in [0.2, 0.25) is 0 Å². The van der Waals surface area contributed by atoms with Crippen molar-refractivity contribution in [2.75, 3.05) is 5.32 Å². The number of aromatic nitrogens is 1. The van der Waals surface area contributed by atoms with Crippen molar-refractivity contribution in [3.05, 3.63) is 35.2 Å². The number of benzene rings is 1. The minimum atomic E-state index is -0.843. The average molecular weight is 355 g/mol. The van der Waals surface area contributed by atoms with Crippen LogP contribution in [0.5, 0.6) is 0 Å². The smallest absolute Gasteiger partial charge is 0.306 e. The summed E-state index contributed by atoms with van der Waals surface area (Å²) < 4.78 is 0. The maximum atomic E-state index is 12.5. The van der Waals surface area contributed by atoms with Crippen LogP contribution in [0.25, 0.3) is 11.3 Å². The van der Waals surface area contributed by atoms with Crippen molar-refractivity contribution < 1.29 is 14.7 Å². The first-order valence-electron chi connectivity index (χ1n) is 8.08. The molecule has 2 atom stereocenters. The summed E-state index contributed by atoms with van der Waals surface area (Å²) >= 11 is 1.13. The molecule has 1 aromatic heterocycles. The van der Waals surface area contributed by atoms with Gasteiger partial charge < -0.3 is 10.4 Å². The van der Waals surface area contributed by atoms with Crippen LogP contribution >= 0.6 is 11.3 Å². The number of nitrogens with zero attached hydrogens (tertiary/aromatic N) is 2. The molecule has 1 aromatic carbocycles. The molecule has 3 rings (SSSR count). The molecule has 0 spiro atoms. The lowest BCUT2D eigenvalue weighted by Gasteiger charge is -2.25. The molecule has 6 nitrogen and oxygen atoms in total. The largest absolute Gasteiger partial charge is 0.481 e. The van der Waals surface area contributed by atoms with Gasteiger partial charge in [0.25, 0.3) is 0 Å². The van der Waals surface area contributed by atoms with Gasteiger partial charge in [0, 0.05) is 11.5 Å². The van der Waals surface area contributed by atoms with Gasteiger partial charge in [-0.1, -0.05) is 48.1 Å². The van der Waals surface area contributed by atoms with Crippen molar-refractivity contribution >= 4 is 28.3 Å². The molecule has 7 heteroatoms. The maximum Gasteiger partial charge on any atom is 0.306 e. The molecular weight excluding hydrogens is 338 g/mol. The molecule has 1 amide bonds. The lowest BCUT2D eigenvalue weighted by Crippen LogP contribution is -2.30. The van der Waals surface area contributed by atoms with Crippen molar-refractivity contribution in [3.63, 3.8) is 0 Å². The van der Waals surface area contributed by atoms with E-state index in [0.717, 1.165) is 23.3 Å². The Balaban J connectivity index is 1.75. The number of hydrogen-bond donors (Lipinski definition) is 2. The third kappa shape index (κ3) is 3.86. The molecule has 1 heterocycles. The molecule has 0 aliphatic heterocycles. The van der Waals surface area contributed by atoms with Crippen molar-refractivity contribution in [1.29, 1.82) is 5.26 Å². The van der Waals surface area contributed by atoms with Gasteiger partial charge in [-0.05, 0) is 19.3 Å². The molecule has 0 saturated heterocycles. The van der Waals surface area contributed by atoms with E-state index in [0.29, 0.717) is 35.0 Å². The number of hydrogen-bond acceptors (Lipinski definition) is 5. The van der Waals surface area contributed by atoms with Crippen LogP contribution in [0.4, 0.5) is 5.13 Å². The van der Waals surface area contributed by atoms with Crippen LogP contribution in [-0.4, -0.2) is 22.0 Å². The van der Waals surface area contributed by atoms with Crippen molar-refractivity contribution in [1.82, 2.24) is 4.98 Å². The van der Waals surface area contributed by atoms with E-state index in [2.05, 4.69) is 16.4 Å². The van der Waals surface area contributed by atoms with Gasteiger partial charge in [0.05, 0.1) is 5.92 Å². The molecule has 2 N–H and O–H groups in total. The summed E-state index contributed by atoms with van der Waals surface area (Å²) in [6.07, 6.45) is 2.37. The molecule has 0 unspecified atom stereocenters. The zero-order valence-corrected chi connectivity index (χ0v) is 14.3. The Bertz CT molecular complexity index is 826. The molecule has 2 aromatic rings. The fourth-order valence-electron chi connectivity index (χ4n) is 3.10. The number of anilines is 1. The molecule has 25 heavy (non-hydrogen) atoms. The van der Waals surface area contributed by atoms with Crippen LogP contribution < -0.4 is 5.32 Å². The SMILES string of the molecule is N#Cc1sc(NC(=O)[C@H]2CCC[C@H](C(=O)O)C2)nc1-c1ccccc1. The zero-order chi connectivity index (χ0) is 17.8. The number of amides is 1. The van der Waals surface area contributed by atoms with Gasteiger partial charge in [-0.15, -0.1) is 0 Å². The Hall–Kier alpha value is -2.72. The second-order valence-electron chi connectivity index (χ2n) is 6.06. The first kappa shape index (κ1) is 17.1. The highest BCUT2D eigenvalue weighted by Gasteiger charge is 2.31. The first-order chi connectivity index (χ1) is 12.1. The Labute approximate surface area is 149 Å². The number of carbonyl (C=O) groups excluding carboxylic acids is 1. The highest BCUT2D eigenvalue weighted by molar-refractivity contribution is 7.16. The Morgan fingerprint density at radius 3 is 2.64 bits per heavy atom. The zero-order valence-electron chi connectivity index (χ0n) is 13.4. The summed E-state index contributed by atoms with van der Waals surface area (Å²) in [5.74, 6) is -1.85. The Morgan fingerprint density at radius 1 is 1.24 bits per heavy atom. The van der Waals surface area contributed by atoms with E-state index < -0.39 is 11.9 Å². The van der Waals surface area contributed by atoms with Crippen LogP contribution in [0.3, 0.4) is 0 Å². The molecule has 0 bridgehead atoms. The van der Waals surface area contributed by atoms with E-state index >= 15 is 0 Å². The van der Waals surface area contributed by atoms with E-state index in [9.17, 15) is 14.9 Å². The topological polar surface area (TPSA) is 103 Å². The fraction of sp³-hybridized carbons (Fsp3) is 0.333. The number of carboxylic acids is 1. The van der Waals surface area contributed by atoms with E-state index in [-0.39, 0.29) is 11.8 Å².